The molecule has 0 spiro atoms. The van der Waals surface area contributed by atoms with E-state index in [1.165, 1.54) is 0 Å². The highest BCUT2D eigenvalue weighted by molar-refractivity contribution is 5.94. The predicted octanol–water partition coefficient (Wildman–Crippen LogP) is 3.51. The minimum absolute atomic E-state index is 0.0938. The van der Waals surface area contributed by atoms with Crippen LogP contribution in [0, 0.1) is 5.92 Å². The smallest absolute Gasteiger partial charge is 0.389 e. The zero-order chi connectivity index (χ0) is 17.7. The second-order valence-electron chi connectivity index (χ2n) is 6.15. The van der Waals surface area contributed by atoms with Crippen molar-refractivity contribution in [2.75, 3.05) is 13.1 Å². The van der Waals surface area contributed by atoms with Gasteiger partial charge in [0.05, 0.1) is 0 Å². The summed E-state index contributed by atoms with van der Waals surface area (Å²) >= 11 is 0. The van der Waals surface area contributed by atoms with Crippen LogP contribution in [0.3, 0.4) is 0 Å². The molecule has 0 atom stereocenters. The number of piperidine rings is 1. The number of hydrogen-bond acceptors (Lipinski definition) is 2. The Balaban J connectivity index is 1.88. The number of halogens is 3. The number of carbonyl (C=O) groups excluding carboxylic acids is 1. The molecule has 0 aromatic heterocycles. The Morgan fingerprint density at radius 2 is 1.71 bits per heavy atom. The third kappa shape index (κ3) is 5.54. The molecule has 0 radical (unpaired) electrons. The first-order valence-corrected chi connectivity index (χ1v) is 7.91. The minimum atomic E-state index is -4.19. The van der Waals surface area contributed by atoms with Crippen molar-refractivity contribution in [3.63, 3.8) is 0 Å². The first-order chi connectivity index (χ1) is 11.2. The van der Waals surface area contributed by atoms with Crippen LogP contribution in [0.25, 0.3) is 0 Å². The largest absolute Gasteiger partial charge is 0.481 e. The third-order valence-corrected chi connectivity index (χ3v) is 4.26. The lowest BCUT2D eigenvalue weighted by atomic mass is 9.93. The van der Waals surface area contributed by atoms with Crippen LogP contribution in [0.15, 0.2) is 24.3 Å². The van der Waals surface area contributed by atoms with Crippen molar-refractivity contribution >= 4 is 11.9 Å². The Hall–Kier alpha value is -2.05. The molecule has 1 fully saturated rings. The van der Waals surface area contributed by atoms with Gasteiger partial charge in [-0.2, -0.15) is 13.2 Å². The molecule has 132 valence electrons. The van der Waals surface area contributed by atoms with E-state index < -0.39 is 18.6 Å². The lowest BCUT2D eigenvalue weighted by Crippen LogP contribution is -2.38. The molecule has 1 saturated heterocycles. The van der Waals surface area contributed by atoms with Gasteiger partial charge in [0.15, 0.2) is 0 Å². The van der Waals surface area contributed by atoms with Gasteiger partial charge in [-0.15, -0.1) is 0 Å². The van der Waals surface area contributed by atoms with Crippen LogP contribution < -0.4 is 0 Å². The lowest BCUT2D eigenvalue weighted by Gasteiger charge is -2.31. The summed E-state index contributed by atoms with van der Waals surface area (Å²) in [5, 5.41) is 8.79. The van der Waals surface area contributed by atoms with Gasteiger partial charge < -0.3 is 10.0 Å². The van der Waals surface area contributed by atoms with Crippen molar-refractivity contribution < 1.29 is 27.9 Å². The summed E-state index contributed by atoms with van der Waals surface area (Å²) in [4.78, 5) is 24.8. The molecule has 1 aliphatic rings. The van der Waals surface area contributed by atoms with E-state index in [-0.39, 0.29) is 24.7 Å². The Morgan fingerprint density at radius 3 is 2.21 bits per heavy atom. The fourth-order valence-corrected chi connectivity index (χ4v) is 2.87. The van der Waals surface area contributed by atoms with Crippen LogP contribution in [0.2, 0.25) is 0 Å². The molecular formula is C17H20F3NO3. The molecule has 7 heteroatoms. The Kier molecular flexibility index (Phi) is 5.85. The molecule has 0 saturated carbocycles. The van der Waals surface area contributed by atoms with E-state index >= 15 is 0 Å². The van der Waals surface area contributed by atoms with Gasteiger partial charge in [-0.1, -0.05) is 12.1 Å². The lowest BCUT2D eigenvalue weighted by molar-refractivity contribution is -0.138. The molecule has 0 aliphatic carbocycles. The van der Waals surface area contributed by atoms with Gasteiger partial charge in [0.1, 0.15) is 0 Å². The maximum atomic E-state index is 12.4. The molecule has 0 bridgehead atoms. The number of hydrogen-bond donors (Lipinski definition) is 1. The average molecular weight is 343 g/mol. The van der Waals surface area contributed by atoms with E-state index in [1.54, 1.807) is 29.2 Å². The molecule has 0 unspecified atom stereocenters. The van der Waals surface area contributed by atoms with Gasteiger partial charge in [0.2, 0.25) is 0 Å². The summed E-state index contributed by atoms with van der Waals surface area (Å²) in [7, 11) is 0. The normalized spacial score (nSPS) is 16.2. The number of carbonyl (C=O) groups is 2. The number of carboxylic acids is 1. The summed E-state index contributed by atoms with van der Waals surface area (Å²) in [6, 6.07) is 6.21. The van der Waals surface area contributed by atoms with Crippen molar-refractivity contribution in [2.24, 2.45) is 5.92 Å². The molecule has 1 aromatic rings. The van der Waals surface area contributed by atoms with E-state index in [0.29, 0.717) is 37.1 Å². The Labute approximate surface area is 138 Å². The summed E-state index contributed by atoms with van der Waals surface area (Å²) in [5.41, 5.74) is 0.992. The molecule has 4 nitrogen and oxygen atoms in total. The van der Waals surface area contributed by atoms with Crippen LogP contribution in [-0.2, 0) is 11.2 Å². The van der Waals surface area contributed by atoms with Crippen LogP contribution >= 0.6 is 0 Å². The molecule has 1 heterocycles. The quantitative estimate of drug-likeness (QED) is 0.890. The van der Waals surface area contributed by atoms with Crippen LogP contribution in [0.5, 0.6) is 0 Å². The highest BCUT2D eigenvalue weighted by Gasteiger charge is 2.27. The van der Waals surface area contributed by atoms with Gasteiger partial charge in [0, 0.05) is 31.5 Å². The van der Waals surface area contributed by atoms with Crippen molar-refractivity contribution in [2.45, 2.75) is 38.3 Å². The van der Waals surface area contributed by atoms with Gasteiger partial charge in [-0.05, 0) is 42.9 Å². The molecular weight excluding hydrogens is 323 g/mol. The molecule has 1 amide bonds. The van der Waals surface area contributed by atoms with E-state index in [0.717, 1.165) is 0 Å². The van der Waals surface area contributed by atoms with Gasteiger partial charge in [-0.25, -0.2) is 0 Å². The van der Waals surface area contributed by atoms with Gasteiger partial charge in [-0.3, -0.25) is 9.59 Å². The topological polar surface area (TPSA) is 57.6 Å². The number of rotatable bonds is 5. The Bertz CT molecular complexity index is 576. The van der Waals surface area contributed by atoms with Crippen LogP contribution in [0.4, 0.5) is 13.2 Å². The number of carboxylic acid groups (broad SMARTS) is 1. The fourth-order valence-electron chi connectivity index (χ4n) is 2.87. The molecule has 1 aromatic carbocycles. The second kappa shape index (κ2) is 7.68. The highest BCUT2D eigenvalue weighted by Crippen LogP contribution is 2.24. The second-order valence-corrected chi connectivity index (χ2v) is 6.15. The molecule has 2 rings (SSSR count). The van der Waals surface area contributed by atoms with Crippen LogP contribution in [-0.4, -0.2) is 41.1 Å². The fraction of sp³-hybridized carbons (Fsp3) is 0.529. The summed E-state index contributed by atoms with van der Waals surface area (Å²) in [6.45, 7) is 1.01. The number of alkyl halides is 3. The third-order valence-electron chi connectivity index (χ3n) is 4.26. The van der Waals surface area contributed by atoms with Crippen LogP contribution in [0.1, 0.15) is 41.6 Å². The zero-order valence-corrected chi connectivity index (χ0v) is 13.2. The van der Waals surface area contributed by atoms with Crippen molar-refractivity contribution in [1.82, 2.24) is 4.90 Å². The molecule has 24 heavy (non-hydrogen) atoms. The maximum absolute atomic E-state index is 12.4. The van der Waals surface area contributed by atoms with E-state index in [1.807, 2.05) is 0 Å². The van der Waals surface area contributed by atoms with Crippen molar-refractivity contribution in [1.29, 1.82) is 0 Å². The minimum Gasteiger partial charge on any atom is -0.481 e. The number of nitrogens with zero attached hydrogens (tertiary/aromatic N) is 1. The predicted molar refractivity (Wildman–Crippen MR) is 81.7 cm³/mol. The van der Waals surface area contributed by atoms with E-state index in [4.69, 9.17) is 5.11 Å². The zero-order valence-electron chi connectivity index (χ0n) is 13.2. The number of likely N-dealkylation sites (tertiary alicyclic amines) is 1. The molecule has 1 N–H and O–H groups in total. The number of aryl methyl sites for hydroxylation is 1. The summed E-state index contributed by atoms with van der Waals surface area (Å²) in [6.07, 6.45) is -3.73. The molecule has 1 aliphatic heterocycles. The maximum Gasteiger partial charge on any atom is 0.389 e. The summed E-state index contributed by atoms with van der Waals surface area (Å²) in [5.74, 6) is -0.892. The summed E-state index contributed by atoms with van der Waals surface area (Å²) < 4.78 is 36.6. The average Bonchev–Trinajstić information content (AvgIpc) is 2.52. The monoisotopic (exact) mass is 343 g/mol. The van der Waals surface area contributed by atoms with Gasteiger partial charge >= 0.3 is 12.1 Å². The Morgan fingerprint density at radius 1 is 1.12 bits per heavy atom. The van der Waals surface area contributed by atoms with Gasteiger partial charge in [0.25, 0.3) is 5.91 Å². The standard InChI is InChI=1S/C17H20F3NO3/c18-17(19,20)8-5-12-1-3-14(4-2-12)16(24)21-9-6-13(7-10-21)11-15(22)23/h1-4,13H,5-11H2,(H,22,23). The van der Waals surface area contributed by atoms with E-state index in [9.17, 15) is 22.8 Å². The number of amides is 1. The number of benzene rings is 1. The SMILES string of the molecule is O=C(O)CC1CCN(C(=O)c2ccc(CCC(F)(F)F)cc2)CC1. The van der Waals surface area contributed by atoms with Crippen molar-refractivity contribution in [3.8, 4) is 0 Å². The first-order valence-electron chi connectivity index (χ1n) is 7.91. The number of aliphatic carboxylic acids is 1. The van der Waals surface area contributed by atoms with E-state index in [2.05, 4.69) is 0 Å². The van der Waals surface area contributed by atoms with Crippen molar-refractivity contribution in [3.05, 3.63) is 35.4 Å². The first kappa shape index (κ1) is 18.3. The highest BCUT2D eigenvalue weighted by atomic mass is 19.4.